The Hall–Kier alpha value is -1.53. The Bertz CT molecular complexity index is 584. The first-order valence-corrected chi connectivity index (χ1v) is 6.88. The van der Waals surface area contributed by atoms with Crippen LogP contribution in [0, 0.1) is 0 Å². The van der Waals surface area contributed by atoms with Crippen molar-refractivity contribution in [3.05, 3.63) is 42.2 Å². The lowest BCUT2D eigenvalue weighted by Gasteiger charge is -2.35. The topological polar surface area (TPSA) is 63.4 Å². The maximum atomic E-state index is 5.90. The maximum Gasteiger partial charge on any atom is 0.0909 e. The van der Waals surface area contributed by atoms with Crippen LogP contribution in [0.15, 0.2) is 36.7 Å². The van der Waals surface area contributed by atoms with Crippen molar-refractivity contribution >= 4 is 10.8 Å². The maximum absolute atomic E-state index is 5.90. The fraction of sp³-hybridized carbons (Fsp3) is 0.400. The molecule has 0 saturated carbocycles. The smallest absolute Gasteiger partial charge is 0.0909 e. The number of fused-ring (bicyclic) bond motifs is 1. The molecule has 5 nitrogen and oxygen atoms in total. The molecule has 1 fully saturated rings. The molecule has 1 aromatic heterocycles. The van der Waals surface area contributed by atoms with Gasteiger partial charge in [-0.05, 0) is 24.1 Å². The monoisotopic (exact) mass is 272 g/mol. The van der Waals surface area contributed by atoms with Crippen molar-refractivity contribution in [2.24, 2.45) is 5.84 Å². The summed E-state index contributed by atoms with van der Waals surface area (Å²) in [6.45, 7) is 2.58. The van der Waals surface area contributed by atoms with Crippen LogP contribution in [0.3, 0.4) is 0 Å². The van der Waals surface area contributed by atoms with Gasteiger partial charge in [-0.3, -0.25) is 16.3 Å². The molecule has 2 unspecified atom stereocenters. The molecule has 1 saturated heterocycles. The Labute approximate surface area is 118 Å². The van der Waals surface area contributed by atoms with Crippen LogP contribution < -0.4 is 11.3 Å². The number of hydrazine groups is 1. The Morgan fingerprint density at radius 2 is 2.35 bits per heavy atom. The number of likely N-dealkylation sites (N-methyl/N-ethyl adjacent to an activating group) is 1. The van der Waals surface area contributed by atoms with Gasteiger partial charge < -0.3 is 9.64 Å². The first-order chi connectivity index (χ1) is 9.79. The first kappa shape index (κ1) is 13.5. The zero-order valence-corrected chi connectivity index (χ0v) is 11.6. The number of hydrogen-bond donors (Lipinski definition) is 2. The SMILES string of the molecule is CN1CCOC(C(NN)c2cccc3cnccc23)C1. The minimum absolute atomic E-state index is 0.0242. The Balaban J connectivity index is 1.98. The van der Waals surface area contributed by atoms with Crippen molar-refractivity contribution in [2.75, 3.05) is 26.7 Å². The molecule has 5 heteroatoms. The van der Waals surface area contributed by atoms with Gasteiger partial charge in [-0.25, -0.2) is 0 Å². The van der Waals surface area contributed by atoms with Gasteiger partial charge in [0.25, 0.3) is 0 Å². The zero-order chi connectivity index (χ0) is 13.9. The van der Waals surface area contributed by atoms with Gasteiger partial charge >= 0.3 is 0 Å². The van der Waals surface area contributed by atoms with Crippen molar-refractivity contribution in [3.8, 4) is 0 Å². The van der Waals surface area contributed by atoms with E-state index in [0.717, 1.165) is 30.6 Å². The molecule has 1 aromatic carbocycles. The van der Waals surface area contributed by atoms with Gasteiger partial charge in [-0.15, -0.1) is 0 Å². The van der Waals surface area contributed by atoms with Crippen molar-refractivity contribution in [3.63, 3.8) is 0 Å². The molecule has 2 heterocycles. The predicted molar refractivity (Wildman–Crippen MR) is 79.0 cm³/mol. The molecule has 0 spiro atoms. The normalized spacial score (nSPS) is 22.0. The van der Waals surface area contributed by atoms with E-state index in [1.807, 2.05) is 24.5 Å². The molecular weight excluding hydrogens is 252 g/mol. The summed E-state index contributed by atoms with van der Waals surface area (Å²) in [6.07, 6.45) is 3.74. The molecule has 3 N–H and O–H groups in total. The average molecular weight is 272 g/mol. The highest BCUT2D eigenvalue weighted by Gasteiger charge is 2.28. The van der Waals surface area contributed by atoms with Gasteiger partial charge in [0.1, 0.15) is 0 Å². The molecule has 0 radical (unpaired) electrons. The van der Waals surface area contributed by atoms with Crippen molar-refractivity contribution in [1.82, 2.24) is 15.3 Å². The quantitative estimate of drug-likeness (QED) is 0.646. The second kappa shape index (κ2) is 5.85. The second-order valence-corrected chi connectivity index (χ2v) is 5.26. The van der Waals surface area contributed by atoms with Crippen LogP contribution in [0.5, 0.6) is 0 Å². The number of morpholine rings is 1. The molecule has 1 aliphatic rings. The predicted octanol–water partition coefficient (Wildman–Crippen LogP) is 1.07. The molecule has 2 aromatic rings. The number of pyridine rings is 1. The van der Waals surface area contributed by atoms with Crippen LogP contribution in [0.4, 0.5) is 0 Å². The van der Waals surface area contributed by atoms with Crippen LogP contribution >= 0.6 is 0 Å². The van der Waals surface area contributed by atoms with Crippen LogP contribution in [0.1, 0.15) is 11.6 Å². The molecule has 106 valence electrons. The van der Waals surface area contributed by atoms with E-state index in [9.17, 15) is 0 Å². The highest BCUT2D eigenvalue weighted by molar-refractivity contribution is 5.85. The lowest BCUT2D eigenvalue weighted by Crippen LogP contribution is -2.48. The van der Waals surface area contributed by atoms with Crippen LogP contribution in [-0.4, -0.2) is 42.7 Å². The van der Waals surface area contributed by atoms with E-state index in [2.05, 4.69) is 34.5 Å². The van der Waals surface area contributed by atoms with Crippen LogP contribution in [0.25, 0.3) is 10.8 Å². The summed E-state index contributed by atoms with van der Waals surface area (Å²) in [5.41, 5.74) is 4.09. The Morgan fingerprint density at radius 1 is 1.45 bits per heavy atom. The minimum atomic E-state index is -0.0242. The summed E-state index contributed by atoms with van der Waals surface area (Å²) in [4.78, 5) is 6.44. The number of nitrogens with one attached hydrogen (secondary N) is 1. The Kier molecular flexibility index (Phi) is 3.93. The lowest BCUT2D eigenvalue weighted by molar-refractivity contribution is -0.0390. The average Bonchev–Trinajstić information content (AvgIpc) is 2.48. The molecule has 1 aliphatic heterocycles. The van der Waals surface area contributed by atoms with Gasteiger partial charge in [0.05, 0.1) is 18.8 Å². The van der Waals surface area contributed by atoms with Gasteiger partial charge in [-0.1, -0.05) is 18.2 Å². The van der Waals surface area contributed by atoms with Crippen molar-refractivity contribution in [2.45, 2.75) is 12.1 Å². The van der Waals surface area contributed by atoms with Gasteiger partial charge in [0, 0.05) is 30.9 Å². The van der Waals surface area contributed by atoms with E-state index in [1.54, 1.807) is 0 Å². The van der Waals surface area contributed by atoms with Crippen LogP contribution in [0.2, 0.25) is 0 Å². The first-order valence-electron chi connectivity index (χ1n) is 6.88. The van der Waals surface area contributed by atoms with E-state index in [-0.39, 0.29) is 12.1 Å². The standard InChI is InChI=1S/C15H20N4O/c1-19-7-8-20-14(10-19)15(18-16)13-4-2-3-11-9-17-6-5-12(11)13/h2-6,9,14-15,18H,7-8,10,16H2,1H3. The number of benzene rings is 1. The van der Waals surface area contributed by atoms with Gasteiger partial charge in [0.15, 0.2) is 0 Å². The molecule has 0 bridgehead atoms. The minimum Gasteiger partial charge on any atom is -0.374 e. The number of nitrogens with zero attached hydrogens (tertiary/aromatic N) is 2. The van der Waals surface area contributed by atoms with E-state index >= 15 is 0 Å². The second-order valence-electron chi connectivity index (χ2n) is 5.26. The lowest BCUT2D eigenvalue weighted by atomic mass is 9.96. The fourth-order valence-corrected chi connectivity index (χ4v) is 2.83. The third-order valence-corrected chi connectivity index (χ3v) is 3.90. The highest BCUT2D eigenvalue weighted by Crippen LogP contribution is 2.27. The Morgan fingerprint density at radius 3 is 3.15 bits per heavy atom. The summed E-state index contributed by atoms with van der Waals surface area (Å²) in [5, 5.41) is 2.29. The summed E-state index contributed by atoms with van der Waals surface area (Å²) in [7, 11) is 2.11. The van der Waals surface area contributed by atoms with E-state index in [0.29, 0.717) is 0 Å². The van der Waals surface area contributed by atoms with Crippen molar-refractivity contribution in [1.29, 1.82) is 0 Å². The molecule has 20 heavy (non-hydrogen) atoms. The highest BCUT2D eigenvalue weighted by atomic mass is 16.5. The zero-order valence-electron chi connectivity index (χ0n) is 11.6. The van der Waals surface area contributed by atoms with E-state index in [1.165, 1.54) is 5.39 Å². The summed E-state index contributed by atoms with van der Waals surface area (Å²) < 4.78 is 5.90. The van der Waals surface area contributed by atoms with Gasteiger partial charge in [0.2, 0.25) is 0 Å². The fourth-order valence-electron chi connectivity index (χ4n) is 2.83. The largest absolute Gasteiger partial charge is 0.374 e. The number of rotatable bonds is 3. The molecule has 0 amide bonds. The van der Waals surface area contributed by atoms with Crippen LogP contribution in [-0.2, 0) is 4.74 Å². The third kappa shape index (κ3) is 2.53. The molecule has 2 atom stereocenters. The van der Waals surface area contributed by atoms with E-state index in [4.69, 9.17) is 10.6 Å². The molecule has 0 aliphatic carbocycles. The molecule has 3 rings (SSSR count). The number of hydrogen-bond acceptors (Lipinski definition) is 5. The molecular formula is C15H20N4O. The van der Waals surface area contributed by atoms with Gasteiger partial charge in [-0.2, -0.15) is 0 Å². The summed E-state index contributed by atoms with van der Waals surface area (Å²) >= 11 is 0. The van der Waals surface area contributed by atoms with Crippen molar-refractivity contribution < 1.29 is 4.74 Å². The number of nitrogens with two attached hydrogens (primary N) is 1. The number of aromatic nitrogens is 1. The van der Waals surface area contributed by atoms with E-state index < -0.39 is 0 Å². The third-order valence-electron chi connectivity index (χ3n) is 3.90. The summed E-state index contributed by atoms with van der Waals surface area (Å²) in [5.74, 6) is 5.81. The summed E-state index contributed by atoms with van der Waals surface area (Å²) in [6, 6.07) is 8.21. The number of ether oxygens (including phenoxy) is 1.